The van der Waals surface area contributed by atoms with Crippen molar-refractivity contribution in [2.75, 3.05) is 26.3 Å². The summed E-state index contributed by atoms with van der Waals surface area (Å²) in [7, 11) is 0. The number of ether oxygens (including phenoxy) is 1. The summed E-state index contributed by atoms with van der Waals surface area (Å²) in [5.74, 6) is 0. The minimum absolute atomic E-state index is 0.134. The summed E-state index contributed by atoms with van der Waals surface area (Å²) in [4.78, 5) is 2.47. The molecule has 1 saturated heterocycles. The van der Waals surface area contributed by atoms with Gasteiger partial charge in [0.25, 0.3) is 0 Å². The first-order chi connectivity index (χ1) is 7.88. The molecule has 1 aromatic heterocycles. The lowest BCUT2D eigenvalue weighted by Crippen LogP contribution is -2.36. The van der Waals surface area contributed by atoms with E-state index < -0.39 is 0 Å². The molecule has 1 N–H and O–H groups in total. The molecule has 1 aromatic rings. The van der Waals surface area contributed by atoms with Gasteiger partial charge >= 0.3 is 0 Å². The third kappa shape index (κ3) is 3.56. The van der Waals surface area contributed by atoms with Crippen molar-refractivity contribution in [3.05, 3.63) is 22.4 Å². The molecule has 0 atom stereocenters. The highest BCUT2D eigenvalue weighted by atomic mass is 32.1. The second-order valence-electron chi connectivity index (χ2n) is 4.20. The lowest BCUT2D eigenvalue weighted by Gasteiger charge is -2.31. The molecule has 0 spiro atoms. The molecule has 4 heteroatoms. The van der Waals surface area contributed by atoms with Crippen LogP contribution in [0.15, 0.2) is 16.8 Å². The molecule has 2 heterocycles. The molecule has 0 bridgehead atoms. The van der Waals surface area contributed by atoms with E-state index in [9.17, 15) is 0 Å². The largest absolute Gasteiger partial charge is 0.394 e. The van der Waals surface area contributed by atoms with Gasteiger partial charge in [-0.3, -0.25) is 4.90 Å². The Morgan fingerprint density at radius 1 is 1.44 bits per heavy atom. The Balaban J connectivity index is 1.69. The van der Waals surface area contributed by atoms with Crippen LogP contribution in [0, 0.1) is 0 Å². The Morgan fingerprint density at radius 3 is 2.88 bits per heavy atom. The number of hydrogen-bond donors (Lipinski definition) is 1. The van der Waals surface area contributed by atoms with Gasteiger partial charge in [-0.15, -0.1) is 0 Å². The van der Waals surface area contributed by atoms with Gasteiger partial charge < -0.3 is 9.84 Å². The lowest BCUT2D eigenvalue weighted by molar-refractivity contribution is -0.00899. The summed E-state index contributed by atoms with van der Waals surface area (Å²) in [6.07, 6.45) is 2.53. The predicted molar refractivity (Wildman–Crippen MR) is 65.7 cm³/mol. The van der Waals surface area contributed by atoms with E-state index in [1.807, 2.05) is 0 Å². The minimum Gasteiger partial charge on any atom is -0.394 e. The maximum absolute atomic E-state index is 8.69. The number of hydrogen-bond acceptors (Lipinski definition) is 4. The van der Waals surface area contributed by atoms with Crippen molar-refractivity contribution in [1.29, 1.82) is 0 Å². The molecule has 3 nitrogen and oxygen atoms in total. The molecule has 0 unspecified atom stereocenters. The third-order valence-electron chi connectivity index (χ3n) is 2.97. The summed E-state index contributed by atoms with van der Waals surface area (Å²) >= 11 is 1.76. The van der Waals surface area contributed by atoms with Crippen LogP contribution in [0.3, 0.4) is 0 Å². The average Bonchev–Trinajstić information content (AvgIpc) is 2.81. The van der Waals surface area contributed by atoms with Gasteiger partial charge in [0.2, 0.25) is 0 Å². The molecular weight excluding hydrogens is 222 g/mol. The molecule has 90 valence electrons. The molecule has 1 aliphatic heterocycles. The number of nitrogens with zero attached hydrogens (tertiary/aromatic N) is 1. The number of thiophene rings is 1. The Kier molecular flexibility index (Phi) is 4.78. The Hall–Kier alpha value is -0.420. The number of rotatable bonds is 5. The predicted octanol–water partition coefficient (Wildman–Crippen LogP) is 1.72. The van der Waals surface area contributed by atoms with Crippen LogP contribution in [0.25, 0.3) is 0 Å². The van der Waals surface area contributed by atoms with Crippen LogP contribution in [-0.4, -0.2) is 42.4 Å². The van der Waals surface area contributed by atoms with Crippen molar-refractivity contribution < 1.29 is 9.84 Å². The molecule has 2 rings (SSSR count). The van der Waals surface area contributed by atoms with E-state index in [0.29, 0.717) is 12.7 Å². The van der Waals surface area contributed by atoms with Crippen molar-refractivity contribution in [1.82, 2.24) is 4.90 Å². The van der Waals surface area contributed by atoms with Crippen molar-refractivity contribution in [2.45, 2.75) is 25.5 Å². The Bertz CT molecular complexity index is 281. The first kappa shape index (κ1) is 12.0. The first-order valence-electron chi connectivity index (χ1n) is 5.84. The van der Waals surface area contributed by atoms with Crippen LogP contribution >= 0.6 is 11.3 Å². The summed E-state index contributed by atoms with van der Waals surface area (Å²) in [5, 5.41) is 13.0. The Morgan fingerprint density at radius 2 is 2.25 bits per heavy atom. The summed E-state index contributed by atoms with van der Waals surface area (Å²) in [6, 6.07) is 2.19. The van der Waals surface area contributed by atoms with Crippen molar-refractivity contribution in [3.8, 4) is 0 Å². The summed E-state index contributed by atoms with van der Waals surface area (Å²) < 4.78 is 5.54. The van der Waals surface area contributed by atoms with Gasteiger partial charge in [0.1, 0.15) is 0 Å². The van der Waals surface area contributed by atoms with Gasteiger partial charge in [-0.05, 0) is 35.2 Å². The molecule has 16 heavy (non-hydrogen) atoms. The first-order valence-corrected chi connectivity index (χ1v) is 6.78. The normalized spacial score (nSPS) is 19.1. The van der Waals surface area contributed by atoms with E-state index in [4.69, 9.17) is 9.84 Å². The van der Waals surface area contributed by atoms with E-state index in [-0.39, 0.29) is 6.61 Å². The van der Waals surface area contributed by atoms with Gasteiger partial charge in [-0.25, -0.2) is 0 Å². The number of likely N-dealkylation sites (tertiary alicyclic amines) is 1. The van der Waals surface area contributed by atoms with E-state index in [1.165, 1.54) is 5.56 Å². The quantitative estimate of drug-likeness (QED) is 0.852. The summed E-state index contributed by atoms with van der Waals surface area (Å²) in [6.45, 7) is 3.89. The molecule has 0 aromatic carbocycles. The fraction of sp³-hybridized carbons (Fsp3) is 0.667. The van der Waals surface area contributed by atoms with Crippen molar-refractivity contribution >= 4 is 11.3 Å². The van der Waals surface area contributed by atoms with E-state index in [1.54, 1.807) is 11.3 Å². The molecule has 1 fully saturated rings. The van der Waals surface area contributed by atoms with Crippen LogP contribution < -0.4 is 0 Å². The van der Waals surface area contributed by atoms with Gasteiger partial charge in [0.15, 0.2) is 0 Å². The van der Waals surface area contributed by atoms with Crippen LogP contribution in [-0.2, 0) is 11.3 Å². The van der Waals surface area contributed by atoms with Crippen LogP contribution in [0.2, 0.25) is 0 Å². The maximum Gasteiger partial charge on any atom is 0.0701 e. The van der Waals surface area contributed by atoms with E-state index in [2.05, 4.69) is 21.7 Å². The third-order valence-corrected chi connectivity index (χ3v) is 3.70. The zero-order chi connectivity index (χ0) is 11.2. The highest BCUT2D eigenvalue weighted by Crippen LogP contribution is 2.17. The fourth-order valence-corrected chi connectivity index (χ4v) is 2.75. The number of aliphatic hydroxyl groups excluding tert-OH is 1. The molecule has 0 saturated carbocycles. The SMILES string of the molecule is OCCOC1CCN(Cc2ccsc2)CC1. The lowest BCUT2D eigenvalue weighted by atomic mass is 10.1. The molecule has 0 amide bonds. The van der Waals surface area contributed by atoms with E-state index in [0.717, 1.165) is 32.5 Å². The monoisotopic (exact) mass is 241 g/mol. The van der Waals surface area contributed by atoms with Crippen LogP contribution in [0.4, 0.5) is 0 Å². The van der Waals surface area contributed by atoms with Crippen LogP contribution in [0.5, 0.6) is 0 Å². The summed E-state index contributed by atoms with van der Waals surface area (Å²) in [5.41, 5.74) is 1.42. The van der Waals surface area contributed by atoms with Crippen molar-refractivity contribution in [2.24, 2.45) is 0 Å². The second kappa shape index (κ2) is 6.35. The average molecular weight is 241 g/mol. The number of aliphatic hydroxyl groups is 1. The number of piperidine rings is 1. The van der Waals surface area contributed by atoms with Crippen LogP contribution in [0.1, 0.15) is 18.4 Å². The smallest absolute Gasteiger partial charge is 0.0701 e. The second-order valence-corrected chi connectivity index (χ2v) is 4.98. The minimum atomic E-state index is 0.134. The van der Waals surface area contributed by atoms with Gasteiger partial charge in [0, 0.05) is 19.6 Å². The topological polar surface area (TPSA) is 32.7 Å². The highest BCUT2D eigenvalue weighted by molar-refractivity contribution is 7.07. The molecule has 0 aliphatic carbocycles. The Labute approximate surface area is 101 Å². The van der Waals surface area contributed by atoms with Gasteiger partial charge in [0.05, 0.1) is 19.3 Å². The van der Waals surface area contributed by atoms with E-state index >= 15 is 0 Å². The molecule has 0 radical (unpaired) electrons. The fourth-order valence-electron chi connectivity index (χ4n) is 2.09. The highest BCUT2D eigenvalue weighted by Gasteiger charge is 2.19. The zero-order valence-electron chi connectivity index (χ0n) is 9.47. The molecule has 1 aliphatic rings. The maximum atomic E-state index is 8.69. The zero-order valence-corrected chi connectivity index (χ0v) is 10.3. The molecular formula is C12H19NO2S. The standard InChI is InChI=1S/C12H19NO2S/c14-6-7-15-12-1-4-13(5-2-12)9-11-3-8-16-10-11/h3,8,10,12,14H,1-2,4-7,9H2. The van der Waals surface area contributed by atoms with Crippen molar-refractivity contribution in [3.63, 3.8) is 0 Å². The van der Waals surface area contributed by atoms with Gasteiger partial charge in [-0.1, -0.05) is 0 Å². The van der Waals surface area contributed by atoms with Gasteiger partial charge in [-0.2, -0.15) is 11.3 Å².